The van der Waals surface area contributed by atoms with Gasteiger partial charge in [0.1, 0.15) is 0 Å². The first-order valence-electron chi connectivity index (χ1n) is 4.19. The molecule has 13 heavy (non-hydrogen) atoms. The van der Waals surface area contributed by atoms with Crippen molar-refractivity contribution in [2.75, 3.05) is 13.3 Å². The number of nitrogens with one attached hydrogen (secondary N) is 1. The predicted octanol–water partition coefficient (Wildman–Crippen LogP) is 2.29. The monoisotopic (exact) mass is 202 g/mol. The second-order valence-electron chi connectivity index (χ2n) is 3.37. The fraction of sp³-hybridized carbons (Fsp3) is 0.667. The van der Waals surface area contributed by atoms with Crippen LogP contribution in [0.25, 0.3) is 0 Å². The second kappa shape index (κ2) is 5.17. The third-order valence-corrected chi connectivity index (χ3v) is 2.34. The zero-order chi connectivity index (χ0) is 10.5. The Hall–Kier alpha value is -0.640. The molecule has 0 saturated carbocycles. The molecule has 0 spiro atoms. The van der Waals surface area contributed by atoms with Gasteiger partial charge >= 0.3 is 0 Å². The normalized spacial score (nSPS) is 20.2. The van der Waals surface area contributed by atoms with Gasteiger partial charge in [0.25, 0.3) is 0 Å². The van der Waals surface area contributed by atoms with E-state index >= 15 is 0 Å². The van der Waals surface area contributed by atoms with Crippen LogP contribution in [-0.4, -0.2) is 23.2 Å². The lowest BCUT2D eigenvalue weighted by atomic mass is 10.1. The summed E-state index contributed by atoms with van der Waals surface area (Å²) >= 11 is 0. The molecule has 2 atom stereocenters. The van der Waals surface area contributed by atoms with Crippen LogP contribution in [0.5, 0.6) is 0 Å². The van der Waals surface area contributed by atoms with Crippen LogP contribution in [-0.2, 0) is 9.73 Å². The van der Waals surface area contributed by atoms with E-state index in [-0.39, 0.29) is 0 Å². The summed E-state index contributed by atoms with van der Waals surface area (Å²) in [6.45, 7) is 3.99. The Balaban J connectivity index is 4.17. The van der Waals surface area contributed by atoms with Crippen LogP contribution in [0.1, 0.15) is 20.3 Å². The van der Waals surface area contributed by atoms with Crippen LogP contribution in [0.3, 0.4) is 0 Å². The molecular formula is C9H18N2OS. The quantitative estimate of drug-likeness (QED) is 0.699. The number of aliphatic imine (C=N–C) groups is 1. The Morgan fingerprint density at radius 3 is 2.62 bits per heavy atom. The first-order chi connectivity index (χ1) is 5.85. The highest BCUT2D eigenvalue weighted by atomic mass is 32.2. The molecule has 0 amide bonds. The second-order valence-corrected chi connectivity index (χ2v) is 5.45. The van der Waals surface area contributed by atoms with Gasteiger partial charge in [0, 0.05) is 24.4 Å². The first kappa shape index (κ1) is 12.4. The smallest absolute Gasteiger partial charge is 0.0624 e. The van der Waals surface area contributed by atoms with E-state index in [2.05, 4.69) is 4.99 Å². The van der Waals surface area contributed by atoms with Gasteiger partial charge in [0.15, 0.2) is 0 Å². The van der Waals surface area contributed by atoms with E-state index in [0.717, 1.165) is 12.1 Å². The molecule has 4 heteroatoms. The summed E-state index contributed by atoms with van der Waals surface area (Å²) in [5, 5.41) is 1.47. The van der Waals surface area contributed by atoms with Gasteiger partial charge in [-0.25, -0.2) is 8.99 Å². The molecule has 76 valence electrons. The summed E-state index contributed by atoms with van der Waals surface area (Å²) in [6, 6.07) is 0. The van der Waals surface area contributed by atoms with Gasteiger partial charge in [0.05, 0.1) is 9.73 Å². The fourth-order valence-corrected chi connectivity index (χ4v) is 1.48. The Kier molecular flexibility index (Phi) is 4.91. The molecule has 0 aromatic rings. The molecule has 0 aliphatic carbocycles. The molecule has 1 N–H and O–H groups in total. The van der Waals surface area contributed by atoms with E-state index in [1.54, 1.807) is 7.05 Å². The molecule has 0 aliphatic heterocycles. The maximum Gasteiger partial charge on any atom is 0.0624 e. The third-order valence-electron chi connectivity index (χ3n) is 1.67. The van der Waals surface area contributed by atoms with E-state index in [0.29, 0.717) is 5.92 Å². The molecule has 3 nitrogen and oxygen atoms in total. The minimum Gasteiger partial charge on any atom is -0.298 e. The molecule has 0 rings (SSSR count). The van der Waals surface area contributed by atoms with E-state index in [9.17, 15) is 4.21 Å². The summed E-state index contributed by atoms with van der Waals surface area (Å²) in [4.78, 5) is 4.04. The Bertz CT molecular complexity index is 302. The number of allylic oxidation sites excluding steroid dienone is 1. The zero-order valence-electron chi connectivity index (χ0n) is 8.70. The van der Waals surface area contributed by atoms with Crippen molar-refractivity contribution < 1.29 is 4.21 Å². The number of hydrogen-bond acceptors (Lipinski definition) is 3. The molecule has 0 heterocycles. The van der Waals surface area contributed by atoms with Crippen LogP contribution in [0, 0.1) is 10.7 Å². The van der Waals surface area contributed by atoms with Gasteiger partial charge in [-0.15, -0.1) is 0 Å². The first-order valence-corrected chi connectivity index (χ1v) is 6.22. The van der Waals surface area contributed by atoms with E-state index in [4.69, 9.17) is 4.78 Å². The van der Waals surface area contributed by atoms with Gasteiger partial charge in [-0.3, -0.25) is 4.99 Å². The average molecular weight is 202 g/mol. The van der Waals surface area contributed by atoms with Gasteiger partial charge in [-0.05, 0) is 19.3 Å². The number of nitrogens with zero attached hydrogens (tertiary/aromatic N) is 1. The average Bonchev–Trinajstić information content (AvgIpc) is 1.99. The minimum absolute atomic E-state index is 0.301. The van der Waals surface area contributed by atoms with Crippen molar-refractivity contribution in [3.8, 4) is 0 Å². The summed E-state index contributed by atoms with van der Waals surface area (Å²) in [7, 11) is -0.719. The van der Waals surface area contributed by atoms with Crippen molar-refractivity contribution in [2.24, 2.45) is 10.9 Å². The van der Waals surface area contributed by atoms with Crippen LogP contribution < -0.4 is 0 Å². The maximum atomic E-state index is 11.0. The molecule has 0 bridgehead atoms. The van der Waals surface area contributed by atoms with Crippen LogP contribution >= 0.6 is 0 Å². The Morgan fingerprint density at radius 1 is 1.69 bits per heavy atom. The summed E-state index contributed by atoms with van der Waals surface area (Å²) in [5.41, 5.74) is 1.07. The lowest BCUT2D eigenvalue weighted by Crippen LogP contribution is -1.99. The van der Waals surface area contributed by atoms with E-state index < -0.39 is 9.73 Å². The minimum atomic E-state index is -2.48. The van der Waals surface area contributed by atoms with Crippen molar-refractivity contribution in [3.63, 3.8) is 0 Å². The lowest BCUT2D eigenvalue weighted by Gasteiger charge is -2.04. The van der Waals surface area contributed by atoms with Gasteiger partial charge in [-0.2, -0.15) is 0 Å². The zero-order valence-corrected chi connectivity index (χ0v) is 9.52. The molecule has 0 aromatic heterocycles. The van der Waals surface area contributed by atoms with E-state index in [1.807, 2.05) is 19.9 Å². The number of rotatable bonds is 4. The summed E-state index contributed by atoms with van der Waals surface area (Å²) in [6.07, 6.45) is 4.10. The van der Waals surface area contributed by atoms with Gasteiger partial charge < -0.3 is 0 Å². The number of hydrogen-bond donors (Lipinski definition) is 1. The third kappa shape index (κ3) is 7.71. The lowest BCUT2D eigenvalue weighted by molar-refractivity contribution is 0.683. The molecular weight excluding hydrogens is 184 g/mol. The van der Waals surface area contributed by atoms with Crippen molar-refractivity contribution >= 4 is 15.4 Å². The predicted molar refractivity (Wildman–Crippen MR) is 58.7 cm³/mol. The van der Waals surface area contributed by atoms with Crippen LogP contribution in [0.15, 0.2) is 16.5 Å². The molecule has 2 unspecified atom stereocenters. The largest absolute Gasteiger partial charge is 0.298 e. The fourth-order valence-electron chi connectivity index (χ4n) is 0.909. The maximum absolute atomic E-state index is 11.0. The Morgan fingerprint density at radius 2 is 2.23 bits per heavy atom. The Labute approximate surface area is 80.9 Å². The highest BCUT2D eigenvalue weighted by Gasteiger charge is 1.99. The summed E-state index contributed by atoms with van der Waals surface area (Å²) in [5.74, 6) is 0.301. The van der Waals surface area contributed by atoms with Crippen LogP contribution in [0.4, 0.5) is 0 Å². The topological polar surface area (TPSA) is 53.3 Å². The molecule has 0 aromatic carbocycles. The molecule has 0 radical (unpaired) electrons. The standard InChI is InChI=1S/C9H18N2OS/c1-8(7-9(2)11-3)5-6-13(4,10)12/h5-6,8,10H,7H2,1-4H3/b6-5+,11-9?. The SMILES string of the molecule is CN=C(C)CC(C)/C=C/S(C)(=N)=O. The van der Waals surface area contributed by atoms with Crippen molar-refractivity contribution in [1.82, 2.24) is 0 Å². The van der Waals surface area contributed by atoms with Crippen molar-refractivity contribution in [3.05, 3.63) is 11.5 Å². The molecule has 0 saturated heterocycles. The highest BCUT2D eigenvalue weighted by Crippen LogP contribution is 2.06. The van der Waals surface area contributed by atoms with Gasteiger partial charge in [0.2, 0.25) is 0 Å². The highest BCUT2D eigenvalue weighted by molar-refractivity contribution is 7.94. The van der Waals surface area contributed by atoms with E-state index in [1.165, 1.54) is 11.7 Å². The van der Waals surface area contributed by atoms with Crippen molar-refractivity contribution in [1.29, 1.82) is 4.78 Å². The molecule has 0 aliphatic rings. The van der Waals surface area contributed by atoms with Crippen LogP contribution in [0.2, 0.25) is 0 Å². The van der Waals surface area contributed by atoms with Gasteiger partial charge in [-0.1, -0.05) is 13.0 Å². The molecule has 0 fully saturated rings. The summed E-state index contributed by atoms with van der Waals surface area (Å²) < 4.78 is 18.2. The van der Waals surface area contributed by atoms with Crippen molar-refractivity contribution in [2.45, 2.75) is 20.3 Å².